The van der Waals surface area contributed by atoms with Crippen LogP contribution in [0.5, 0.6) is 0 Å². The Labute approximate surface area is 118 Å². The van der Waals surface area contributed by atoms with Crippen molar-refractivity contribution in [3.05, 3.63) is 41.7 Å². The highest BCUT2D eigenvalue weighted by molar-refractivity contribution is 5.92. The van der Waals surface area contributed by atoms with Crippen molar-refractivity contribution in [1.29, 1.82) is 0 Å². The van der Waals surface area contributed by atoms with E-state index in [0.29, 0.717) is 6.54 Å². The molecule has 2 aromatic rings. The number of hydrogen-bond acceptors (Lipinski definition) is 4. The molecule has 106 valence electrons. The van der Waals surface area contributed by atoms with E-state index in [2.05, 4.69) is 15.6 Å². The first kappa shape index (κ1) is 14.2. The molecule has 0 aliphatic rings. The van der Waals surface area contributed by atoms with E-state index in [-0.39, 0.29) is 11.6 Å². The first-order chi connectivity index (χ1) is 9.41. The van der Waals surface area contributed by atoms with E-state index >= 15 is 0 Å². The first-order valence-electron chi connectivity index (χ1n) is 6.43. The molecule has 0 unspecified atom stereocenters. The van der Waals surface area contributed by atoms with Crippen LogP contribution >= 0.6 is 0 Å². The van der Waals surface area contributed by atoms with E-state index in [1.807, 2.05) is 45.0 Å². The third-order valence-electron chi connectivity index (χ3n) is 2.99. The van der Waals surface area contributed by atoms with Crippen LogP contribution in [0.25, 0.3) is 5.69 Å². The summed E-state index contributed by atoms with van der Waals surface area (Å²) >= 11 is 0. The van der Waals surface area contributed by atoms with E-state index in [1.165, 1.54) is 0 Å². The summed E-state index contributed by atoms with van der Waals surface area (Å²) in [7, 11) is 0. The fraction of sp³-hybridized carbons (Fsp3) is 0.357. The number of carbonyl (C=O) groups excluding carboxylic acids is 1. The molecule has 1 heterocycles. The van der Waals surface area contributed by atoms with Gasteiger partial charge in [0.1, 0.15) is 0 Å². The lowest BCUT2D eigenvalue weighted by Gasteiger charge is -2.23. The molecule has 0 bridgehead atoms. The Bertz CT molecular complexity index is 600. The van der Waals surface area contributed by atoms with Crippen molar-refractivity contribution >= 4 is 5.91 Å². The Morgan fingerprint density at radius 3 is 2.60 bits per heavy atom. The highest BCUT2D eigenvalue weighted by Gasteiger charge is 2.21. The number of aromatic nitrogens is 3. The van der Waals surface area contributed by atoms with Crippen LogP contribution in [-0.2, 0) is 0 Å². The van der Waals surface area contributed by atoms with Crippen molar-refractivity contribution in [2.24, 2.45) is 5.73 Å². The Morgan fingerprint density at radius 2 is 2.00 bits per heavy atom. The number of carbonyl (C=O) groups is 1. The van der Waals surface area contributed by atoms with Crippen molar-refractivity contribution in [2.45, 2.75) is 26.3 Å². The summed E-state index contributed by atoms with van der Waals surface area (Å²) in [6.45, 7) is 6.08. The van der Waals surface area contributed by atoms with Crippen LogP contribution < -0.4 is 11.1 Å². The van der Waals surface area contributed by atoms with Crippen LogP contribution in [0.3, 0.4) is 0 Å². The zero-order valence-electron chi connectivity index (χ0n) is 11.9. The summed E-state index contributed by atoms with van der Waals surface area (Å²) in [4.78, 5) is 12.0. The van der Waals surface area contributed by atoms with Gasteiger partial charge in [-0.1, -0.05) is 22.9 Å². The molecule has 0 atom stereocenters. The maximum absolute atomic E-state index is 12.0. The molecular weight excluding hydrogens is 254 g/mol. The van der Waals surface area contributed by atoms with E-state index in [0.717, 1.165) is 11.3 Å². The van der Waals surface area contributed by atoms with Crippen molar-refractivity contribution in [3.63, 3.8) is 0 Å². The second kappa shape index (κ2) is 5.42. The summed E-state index contributed by atoms with van der Waals surface area (Å²) in [6.07, 6.45) is 1.60. The molecule has 2 rings (SSSR count). The van der Waals surface area contributed by atoms with Gasteiger partial charge >= 0.3 is 0 Å². The number of aryl methyl sites for hydroxylation is 1. The van der Waals surface area contributed by atoms with Crippen LogP contribution in [0.4, 0.5) is 0 Å². The van der Waals surface area contributed by atoms with Gasteiger partial charge in [0.25, 0.3) is 5.91 Å². The Kier molecular flexibility index (Phi) is 3.85. The number of hydrogen-bond donors (Lipinski definition) is 2. The molecule has 0 aliphatic carbocycles. The topological polar surface area (TPSA) is 85.8 Å². The average Bonchev–Trinajstić information content (AvgIpc) is 2.89. The van der Waals surface area contributed by atoms with Crippen molar-refractivity contribution in [1.82, 2.24) is 20.3 Å². The Morgan fingerprint density at radius 1 is 1.35 bits per heavy atom. The smallest absolute Gasteiger partial charge is 0.273 e. The molecule has 1 aromatic carbocycles. The van der Waals surface area contributed by atoms with Crippen LogP contribution in [0.15, 0.2) is 30.5 Å². The molecule has 0 aliphatic heterocycles. The predicted molar refractivity (Wildman–Crippen MR) is 76.7 cm³/mol. The van der Waals surface area contributed by atoms with Crippen molar-refractivity contribution in [3.8, 4) is 5.69 Å². The molecule has 3 N–H and O–H groups in total. The van der Waals surface area contributed by atoms with E-state index in [9.17, 15) is 4.79 Å². The Balaban J connectivity index is 2.17. The zero-order valence-corrected chi connectivity index (χ0v) is 11.9. The van der Waals surface area contributed by atoms with Gasteiger partial charge in [0.05, 0.1) is 11.9 Å². The maximum Gasteiger partial charge on any atom is 0.273 e. The number of nitrogens with two attached hydrogens (primary N) is 1. The molecule has 1 aromatic heterocycles. The molecule has 0 saturated carbocycles. The third kappa shape index (κ3) is 3.21. The van der Waals surface area contributed by atoms with Gasteiger partial charge < -0.3 is 11.1 Å². The van der Waals surface area contributed by atoms with Crippen molar-refractivity contribution in [2.75, 3.05) is 6.54 Å². The van der Waals surface area contributed by atoms with Gasteiger partial charge in [-0.15, -0.1) is 5.10 Å². The summed E-state index contributed by atoms with van der Waals surface area (Å²) < 4.78 is 1.57. The second-order valence-corrected chi connectivity index (χ2v) is 5.43. The minimum atomic E-state index is -0.468. The van der Waals surface area contributed by atoms with Gasteiger partial charge in [0.15, 0.2) is 5.69 Å². The predicted octanol–water partition coefficient (Wildman–Crippen LogP) is 1.04. The Hall–Kier alpha value is -2.21. The molecule has 0 spiro atoms. The van der Waals surface area contributed by atoms with Crippen LogP contribution in [0, 0.1) is 6.92 Å². The summed E-state index contributed by atoms with van der Waals surface area (Å²) in [5, 5.41) is 10.7. The minimum absolute atomic E-state index is 0.270. The summed E-state index contributed by atoms with van der Waals surface area (Å²) in [5.41, 5.74) is 7.41. The second-order valence-electron chi connectivity index (χ2n) is 5.43. The number of nitrogens with zero attached hydrogens (tertiary/aromatic N) is 3. The molecule has 0 radical (unpaired) electrons. The first-order valence-corrected chi connectivity index (χ1v) is 6.43. The molecule has 1 amide bonds. The lowest BCUT2D eigenvalue weighted by molar-refractivity contribution is 0.0910. The molecule has 6 heteroatoms. The highest BCUT2D eigenvalue weighted by atomic mass is 16.2. The van der Waals surface area contributed by atoms with Crippen LogP contribution in [0.1, 0.15) is 29.9 Å². The monoisotopic (exact) mass is 273 g/mol. The van der Waals surface area contributed by atoms with Gasteiger partial charge in [0.2, 0.25) is 0 Å². The van der Waals surface area contributed by atoms with E-state index in [1.54, 1.807) is 10.9 Å². The molecule has 20 heavy (non-hydrogen) atoms. The quantitative estimate of drug-likeness (QED) is 0.871. The van der Waals surface area contributed by atoms with Gasteiger partial charge in [-0.3, -0.25) is 4.79 Å². The maximum atomic E-state index is 12.0. The molecular formula is C14H19N5O. The fourth-order valence-corrected chi connectivity index (χ4v) is 1.61. The van der Waals surface area contributed by atoms with Crippen LogP contribution in [0.2, 0.25) is 0 Å². The SMILES string of the molecule is Cc1ccc(-n2cc(C(=O)NC(C)(C)CN)nn2)cc1. The third-order valence-corrected chi connectivity index (χ3v) is 2.99. The van der Waals surface area contributed by atoms with Crippen LogP contribution in [-0.4, -0.2) is 33.0 Å². The summed E-state index contributed by atoms with van der Waals surface area (Å²) in [5.74, 6) is -0.279. The standard InChI is InChI=1S/C14H19N5O/c1-10-4-6-11(7-5-10)19-8-12(17-18-19)13(20)16-14(2,3)9-15/h4-8H,9,15H2,1-3H3,(H,16,20). The number of benzene rings is 1. The summed E-state index contributed by atoms with van der Waals surface area (Å²) in [6, 6.07) is 7.81. The number of nitrogens with one attached hydrogen (secondary N) is 1. The highest BCUT2D eigenvalue weighted by Crippen LogP contribution is 2.09. The average molecular weight is 273 g/mol. The minimum Gasteiger partial charge on any atom is -0.344 e. The van der Waals surface area contributed by atoms with E-state index < -0.39 is 5.54 Å². The molecule has 0 fully saturated rings. The molecule has 0 saturated heterocycles. The zero-order chi connectivity index (χ0) is 14.8. The van der Waals surface area contributed by atoms with Gasteiger partial charge in [-0.05, 0) is 32.9 Å². The lowest BCUT2D eigenvalue weighted by atomic mass is 10.1. The molecule has 6 nitrogen and oxygen atoms in total. The number of amides is 1. The largest absolute Gasteiger partial charge is 0.344 e. The van der Waals surface area contributed by atoms with Gasteiger partial charge in [0, 0.05) is 12.1 Å². The van der Waals surface area contributed by atoms with E-state index in [4.69, 9.17) is 5.73 Å². The van der Waals surface area contributed by atoms with Gasteiger partial charge in [-0.2, -0.15) is 0 Å². The normalized spacial score (nSPS) is 11.4. The number of rotatable bonds is 4. The van der Waals surface area contributed by atoms with Gasteiger partial charge in [-0.25, -0.2) is 4.68 Å². The fourth-order valence-electron chi connectivity index (χ4n) is 1.61. The van der Waals surface area contributed by atoms with Crippen molar-refractivity contribution < 1.29 is 4.79 Å². The lowest BCUT2D eigenvalue weighted by Crippen LogP contribution is -2.48.